The highest BCUT2D eigenvalue weighted by molar-refractivity contribution is 6.28. The zero-order valence-electron chi connectivity index (χ0n) is 31.1. The minimum absolute atomic E-state index is 0.215. The van der Waals surface area contributed by atoms with Crippen molar-refractivity contribution >= 4 is 97.7 Å². The van der Waals surface area contributed by atoms with Crippen LogP contribution in [0.4, 0.5) is 0 Å². The summed E-state index contributed by atoms with van der Waals surface area (Å²) in [5, 5.41) is 18.0. The van der Waals surface area contributed by atoms with E-state index in [-0.39, 0.29) is 5.92 Å². The summed E-state index contributed by atoms with van der Waals surface area (Å²) in [6, 6.07) is 65.2. The van der Waals surface area contributed by atoms with Gasteiger partial charge < -0.3 is 4.42 Å². The van der Waals surface area contributed by atoms with Crippen molar-refractivity contribution in [3.63, 3.8) is 0 Å². The number of fused-ring (bicyclic) bond motifs is 3. The fraction of sp³-hybridized carbons (Fsp3) is 0.0357. The molecule has 11 aromatic carbocycles. The second-order valence-electron chi connectivity index (χ2n) is 15.9. The summed E-state index contributed by atoms with van der Waals surface area (Å²) in [4.78, 5) is 0. The summed E-state index contributed by atoms with van der Waals surface area (Å²) in [7, 11) is 0. The molecule has 1 atom stereocenters. The van der Waals surface area contributed by atoms with Gasteiger partial charge in [0.15, 0.2) is 0 Å². The summed E-state index contributed by atoms with van der Waals surface area (Å²) in [5.41, 5.74) is 10.6. The van der Waals surface area contributed by atoms with Crippen LogP contribution in [0.2, 0.25) is 0 Å². The molecule has 0 amide bonds. The lowest BCUT2D eigenvalue weighted by Gasteiger charge is -2.25. The van der Waals surface area contributed by atoms with Gasteiger partial charge in [0.05, 0.1) is 0 Å². The minimum Gasteiger partial charge on any atom is -0.455 e. The molecule has 1 heterocycles. The monoisotopic (exact) mass is 722 g/mol. The van der Waals surface area contributed by atoms with Crippen molar-refractivity contribution in [2.24, 2.45) is 0 Å². The Kier molecular flexibility index (Phi) is 6.34. The Morgan fingerprint density at radius 3 is 1.60 bits per heavy atom. The first-order chi connectivity index (χ1) is 28.2. The van der Waals surface area contributed by atoms with Crippen LogP contribution in [0.1, 0.15) is 29.0 Å². The van der Waals surface area contributed by atoms with E-state index in [0.29, 0.717) is 0 Å². The summed E-state index contributed by atoms with van der Waals surface area (Å²) < 4.78 is 6.67. The minimum atomic E-state index is 0.215. The standard InChI is InChI=1S/C56H34O/c1-2-13-51-45(10-1)49-12-5-11-48(56(49)57-51)44-29-26-41(32-50(44)43-28-23-40-21-19-36-7-4-9-38-25-31-47(43)55(40)53(36)38)33-14-16-34(17-15-33)42-27-22-39-20-18-35-6-3-8-37-24-30-46(42)54(39)52(35)37/h1-25,27-32,41H,26H2. The number of hydrogen-bond donors (Lipinski definition) is 0. The molecule has 0 bridgehead atoms. The molecule has 1 unspecified atom stereocenters. The molecular weight excluding hydrogens is 689 g/mol. The maximum atomic E-state index is 6.67. The molecule has 13 rings (SSSR count). The number of furan rings is 1. The van der Waals surface area contributed by atoms with Crippen molar-refractivity contribution in [2.75, 3.05) is 0 Å². The van der Waals surface area contributed by atoms with E-state index in [4.69, 9.17) is 4.42 Å². The van der Waals surface area contributed by atoms with Gasteiger partial charge in [-0.25, -0.2) is 0 Å². The second-order valence-corrected chi connectivity index (χ2v) is 15.9. The quantitative estimate of drug-likeness (QED) is 0.165. The van der Waals surface area contributed by atoms with Crippen LogP contribution in [0.25, 0.3) is 109 Å². The molecule has 1 nitrogen and oxygen atoms in total. The zero-order chi connectivity index (χ0) is 37.2. The van der Waals surface area contributed by atoms with Crippen LogP contribution in [-0.2, 0) is 0 Å². The van der Waals surface area contributed by atoms with Crippen molar-refractivity contribution < 1.29 is 4.42 Å². The average Bonchev–Trinajstić information content (AvgIpc) is 3.66. The molecule has 0 fully saturated rings. The molecule has 1 heteroatoms. The average molecular weight is 723 g/mol. The molecule has 57 heavy (non-hydrogen) atoms. The van der Waals surface area contributed by atoms with Gasteiger partial charge in [0, 0.05) is 22.3 Å². The number of allylic oxidation sites excluding steroid dienone is 4. The van der Waals surface area contributed by atoms with Gasteiger partial charge >= 0.3 is 0 Å². The highest BCUT2D eigenvalue weighted by atomic mass is 16.3. The maximum Gasteiger partial charge on any atom is 0.143 e. The molecule has 264 valence electrons. The van der Waals surface area contributed by atoms with Crippen molar-refractivity contribution in [1.82, 2.24) is 0 Å². The Morgan fingerprint density at radius 1 is 0.368 bits per heavy atom. The van der Waals surface area contributed by atoms with E-state index in [2.05, 4.69) is 188 Å². The van der Waals surface area contributed by atoms with Crippen LogP contribution in [-0.4, -0.2) is 0 Å². The van der Waals surface area contributed by atoms with E-state index in [1.54, 1.807) is 0 Å². The molecular formula is C56H34O. The Balaban J connectivity index is 0.977. The van der Waals surface area contributed by atoms with E-state index in [1.165, 1.54) is 98.0 Å². The zero-order valence-corrected chi connectivity index (χ0v) is 31.1. The lowest BCUT2D eigenvalue weighted by Crippen LogP contribution is -2.04. The maximum absolute atomic E-state index is 6.67. The van der Waals surface area contributed by atoms with Crippen LogP contribution in [0.15, 0.2) is 192 Å². The Bertz CT molecular complexity index is 3620. The van der Waals surface area contributed by atoms with Gasteiger partial charge in [-0.15, -0.1) is 0 Å². The third kappa shape index (κ3) is 4.46. The summed E-state index contributed by atoms with van der Waals surface area (Å²) in [6.45, 7) is 0. The van der Waals surface area contributed by atoms with E-state index in [0.717, 1.165) is 33.9 Å². The lowest BCUT2D eigenvalue weighted by molar-refractivity contribution is 0.667. The predicted molar refractivity (Wildman–Crippen MR) is 243 cm³/mol. The van der Waals surface area contributed by atoms with Gasteiger partial charge in [-0.1, -0.05) is 182 Å². The molecule has 0 spiro atoms. The van der Waals surface area contributed by atoms with Gasteiger partial charge in [0.25, 0.3) is 0 Å². The number of benzene rings is 11. The molecule has 1 aliphatic carbocycles. The summed E-state index contributed by atoms with van der Waals surface area (Å²) >= 11 is 0. The third-order valence-electron chi connectivity index (χ3n) is 12.9. The first-order valence-electron chi connectivity index (χ1n) is 20.0. The molecule has 0 radical (unpaired) electrons. The second kappa shape index (κ2) is 11.6. The van der Waals surface area contributed by atoms with Gasteiger partial charge in [-0.05, 0) is 111 Å². The molecule has 1 aromatic heterocycles. The molecule has 0 aliphatic heterocycles. The fourth-order valence-corrected chi connectivity index (χ4v) is 10.3. The smallest absolute Gasteiger partial charge is 0.143 e. The fourth-order valence-electron chi connectivity index (χ4n) is 10.3. The van der Waals surface area contributed by atoms with Crippen molar-refractivity contribution in [1.29, 1.82) is 0 Å². The van der Waals surface area contributed by atoms with E-state index in [9.17, 15) is 0 Å². The third-order valence-corrected chi connectivity index (χ3v) is 12.9. The number of hydrogen-bond acceptors (Lipinski definition) is 1. The van der Waals surface area contributed by atoms with Gasteiger partial charge in [-0.3, -0.25) is 0 Å². The Hall–Kier alpha value is -7.22. The van der Waals surface area contributed by atoms with Crippen LogP contribution < -0.4 is 0 Å². The molecule has 0 saturated heterocycles. The van der Waals surface area contributed by atoms with E-state index >= 15 is 0 Å². The Morgan fingerprint density at radius 2 is 0.912 bits per heavy atom. The largest absolute Gasteiger partial charge is 0.455 e. The highest BCUT2D eigenvalue weighted by Gasteiger charge is 2.25. The first kappa shape index (κ1) is 31.0. The van der Waals surface area contributed by atoms with Crippen LogP contribution in [0, 0.1) is 0 Å². The summed E-state index contributed by atoms with van der Waals surface area (Å²) in [6.07, 6.45) is 5.91. The normalized spacial score (nSPS) is 15.0. The van der Waals surface area contributed by atoms with Crippen LogP contribution in [0.3, 0.4) is 0 Å². The molecule has 12 aromatic rings. The molecule has 1 aliphatic rings. The molecule has 0 saturated carbocycles. The van der Waals surface area contributed by atoms with Crippen molar-refractivity contribution in [3.05, 3.63) is 205 Å². The SMILES string of the molecule is C1=C(c2ccc3ccc4cccc5ccc2c3c45)C(c2cccc3c2oc2ccccc23)=CCC1c1ccc(-c2ccc3ccc4cccc5ccc2c3c45)cc1. The van der Waals surface area contributed by atoms with Crippen molar-refractivity contribution in [2.45, 2.75) is 12.3 Å². The van der Waals surface area contributed by atoms with Crippen molar-refractivity contribution in [3.8, 4) is 11.1 Å². The highest BCUT2D eigenvalue weighted by Crippen LogP contribution is 2.48. The van der Waals surface area contributed by atoms with Crippen LogP contribution in [0.5, 0.6) is 0 Å². The first-order valence-corrected chi connectivity index (χ1v) is 20.0. The van der Waals surface area contributed by atoms with E-state index < -0.39 is 0 Å². The predicted octanol–water partition coefficient (Wildman–Crippen LogP) is 15.7. The van der Waals surface area contributed by atoms with Gasteiger partial charge in [-0.2, -0.15) is 0 Å². The van der Waals surface area contributed by atoms with Crippen LogP contribution >= 0.6 is 0 Å². The Labute approximate surface area is 329 Å². The molecule has 0 N–H and O–H groups in total. The van der Waals surface area contributed by atoms with E-state index in [1.807, 2.05) is 0 Å². The lowest BCUT2D eigenvalue weighted by atomic mass is 9.78. The van der Waals surface area contributed by atoms with Gasteiger partial charge in [0.2, 0.25) is 0 Å². The summed E-state index contributed by atoms with van der Waals surface area (Å²) in [5.74, 6) is 0.215. The number of para-hydroxylation sites is 2. The topological polar surface area (TPSA) is 13.1 Å². The van der Waals surface area contributed by atoms with Gasteiger partial charge in [0.1, 0.15) is 11.2 Å². The number of rotatable bonds is 4.